The third-order valence-corrected chi connectivity index (χ3v) is 5.85. The van der Waals surface area contributed by atoms with Gasteiger partial charge in [0.15, 0.2) is 0 Å². The fourth-order valence-corrected chi connectivity index (χ4v) is 3.81. The largest absolute Gasteiger partial charge is 0.497 e. The van der Waals surface area contributed by atoms with Gasteiger partial charge in [0, 0.05) is 26.2 Å². The van der Waals surface area contributed by atoms with E-state index in [1.807, 2.05) is 29.2 Å². The Labute approximate surface area is 178 Å². The standard InChI is InChI=1S/C24H31N3O3/c1-4-17(2)13-26-24(29)27-11-10-22-21(18-6-5-7-20(12-18)30-3)9-8-19(14-25-16-28)23(22)15-27/h5-9,12,16-17H,4,10-11,13-15H2,1-3H3,(H,25,28)(H,26,29). The molecule has 1 aliphatic rings. The smallest absolute Gasteiger partial charge is 0.317 e. The normalized spacial score (nSPS) is 13.9. The van der Waals surface area contributed by atoms with Gasteiger partial charge >= 0.3 is 6.03 Å². The van der Waals surface area contributed by atoms with Gasteiger partial charge in [-0.3, -0.25) is 4.79 Å². The number of rotatable bonds is 8. The Kier molecular flexibility index (Phi) is 7.33. The van der Waals surface area contributed by atoms with E-state index in [0.29, 0.717) is 38.5 Å². The second kappa shape index (κ2) is 10.1. The summed E-state index contributed by atoms with van der Waals surface area (Å²) < 4.78 is 5.39. The van der Waals surface area contributed by atoms with E-state index >= 15 is 0 Å². The topological polar surface area (TPSA) is 70.7 Å². The summed E-state index contributed by atoms with van der Waals surface area (Å²) in [4.78, 5) is 25.4. The number of hydrogen-bond acceptors (Lipinski definition) is 3. The van der Waals surface area contributed by atoms with Crippen molar-refractivity contribution in [1.82, 2.24) is 15.5 Å². The number of hydrogen-bond donors (Lipinski definition) is 2. The van der Waals surface area contributed by atoms with Crippen molar-refractivity contribution in [3.63, 3.8) is 0 Å². The lowest BCUT2D eigenvalue weighted by Crippen LogP contribution is -2.44. The van der Waals surface area contributed by atoms with Crippen molar-refractivity contribution >= 4 is 12.4 Å². The summed E-state index contributed by atoms with van der Waals surface area (Å²) in [6.45, 7) is 6.60. The molecule has 30 heavy (non-hydrogen) atoms. The monoisotopic (exact) mass is 409 g/mol. The number of nitrogens with zero attached hydrogens (tertiary/aromatic N) is 1. The van der Waals surface area contributed by atoms with Crippen LogP contribution in [0.1, 0.15) is 37.0 Å². The first-order valence-corrected chi connectivity index (χ1v) is 10.5. The maximum atomic E-state index is 12.7. The van der Waals surface area contributed by atoms with Crippen LogP contribution in [0.3, 0.4) is 0 Å². The van der Waals surface area contributed by atoms with Crippen LogP contribution in [0.4, 0.5) is 4.79 Å². The molecule has 3 rings (SSSR count). The van der Waals surface area contributed by atoms with Crippen LogP contribution >= 0.6 is 0 Å². The summed E-state index contributed by atoms with van der Waals surface area (Å²) in [5.41, 5.74) is 5.64. The molecule has 0 aromatic heterocycles. The van der Waals surface area contributed by atoms with Gasteiger partial charge in [-0.1, -0.05) is 44.5 Å². The van der Waals surface area contributed by atoms with Gasteiger partial charge in [0.2, 0.25) is 6.41 Å². The van der Waals surface area contributed by atoms with Crippen LogP contribution < -0.4 is 15.4 Å². The number of ether oxygens (including phenoxy) is 1. The zero-order chi connectivity index (χ0) is 21.5. The van der Waals surface area contributed by atoms with Gasteiger partial charge in [-0.25, -0.2) is 4.79 Å². The minimum absolute atomic E-state index is 0.0259. The van der Waals surface area contributed by atoms with Gasteiger partial charge in [0.05, 0.1) is 7.11 Å². The molecule has 160 valence electrons. The van der Waals surface area contributed by atoms with Crippen LogP contribution in [-0.2, 0) is 24.3 Å². The Hall–Kier alpha value is -3.02. The molecule has 2 N–H and O–H groups in total. The maximum absolute atomic E-state index is 12.7. The number of methoxy groups -OCH3 is 1. The number of carbonyl (C=O) groups is 2. The predicted molar refractivity (Wildman–Crippen MR) is 118 cm³/mol. The average Bonchev–Trinajstić information content (AvgIpc) is 2.80. The highest BCUT2D eigenvalue weighted by Gasteiger charge is 2.25. The Bertz CT molecular complexity index is 897. The number of amides is 3. The molecule has 0 aliphatic carbocycles. The Morgan fingerprint density at radius 3 is 2.83 bits per heavy atom. The zero-order valence-electron chi connectivity index (χ0n) is 18.0. The molecule has 1 unspecified atom stereocenters. The summed E-state index contributed by atoms with van der Waals surface area (Å²) >= 11 is 0. The van der Waals surface area contributed by atoms with Gasteiger partial charge in [0.1, 0.15) is 5.75 Å². The van der Waals surface area contributed by atoms with E-state index in [4.69, 9.17) is 4.74 Å². The molecule has 6 nitrogen and oxygen atoms in total. The van der Waals surface area contributed by atoms with Crippen molar-refractivity contribution < 1.29 is 14.3 Å². The van der Waals surface area contributed by atoms with Gasteiger partial charge in [-0.15, -0.1) is 0 Å². The number of fused-ring (bicyclic) bond motifs is 1. The first kappa shape index (κ1) is 21.7. The quantitative estimate of drug-likeness (QED) is 0.653. The van der Waals surface area contributed by atoms with Gasteiger partial charge < -0.3 is 20.3 Å². The molecule has 6 heteroatoms. The van der Waals surface area contributed by atoms with Crippen LogP contribution in [0.25, 0.3) is 11.1 Å². The second-order valence-corrected chi connectivity index (χ2v) is 7.83. The molecule has 3 amide bonds. The molecular weight excluding hydrogens is 378 g/mol. The van der Waals surface area contributed by atoms with Crippen molar-refractivity contribution in [3.05, 3.63) is 53.1 Å². The van der Waals surface area contributed by atoms with Gasteiger partial charge in [-0.2, -0.15) is 0 Å². The van der Waals surface area contributed by atoms with Crippen LogP contribution in [-0.4, -0.2) is 37.5 Å². The molecule has 2 aromatic rings. The molecular formula is C24H31N3O3. The highest BCUT2D eigenvalue weighted by Crippen LogP contribution is 2.34. The lowest BCUT2D eigenvalue weighted by atomic mass is 9.87. The molecule has 0 spiro atoms. The molecule has 2 aromatic carbocycles. The minimum Gasteiger partial charge on any atom is -0.497 e. The third-order valence-electron chi connectivity index (χ3n) is 5.85. The number of urea groups is 1. The Morgan fingerprint density at radius 1 is 1.27 bits per heavy atom. The third kappa shape index (κ3) is 4.93. The predicted octanol–water partition coefficient (Wildman–Crippen LogP) is 3.72. The van der Waals surface area contributed by atoms with Gasteiger partial charge in [0.25, 0.3) is 0 Å². The maximum Gasteiger partial charge on any atom is 0.317 e. The first-order valence-electron chi connectivity index (χ1n) is 10.5. The molecule has 0 radical (unpaired) electrons. The van der Waals surface area contributed by atoms with Crippen molar-refractivity contribution in [1.29, 1.82) is 0 Å². The number of carbonyl (C=O) groups excluding carboxylic acids is 2. The molecule has 1 heterocycles. The van der Waals surface area contributed by atoms with Crippen molar-refractivity contribution in [2.45, 2.75) is 39.8 Å². The molecule has 1 atom stereocenters. The Balaban J connectivity index is 1.91. The highest BCUT2D eigenvalue weighted by atomic mass is 16.5. The molecule has 0 saturated heterocycles. The molecule has 1 aliphatic heterocycles. The van der Waals surface area contributed by atoms with Gasteiger partial charge in [-0.05, 0) is 52.3 Å². The second-order valence-electron chi connectivity index (χ2n) is 7.83. The van der Waals surface area contributed by atoms with E-state index in [9.17, 15) is 9.59 Å². The summed E-state index contributed by atoms with van der Waals surface area (Å²) in [5, 5.41) is 5.82. The summed E-state index contributed by atoms with van der Waals surface area (Å²) in [6.07, 6.45) is 2.52. The lowest BCUT2D eigenvalue weighted by Gasteiger charge is -2.32. The zero-order valence-corrected chi connectivity index (χ0v) is 18.0. The van der Waals surface area contributed by atoms with Crippen molar-refractivity contribution in [2.24, 2.45) is 5.92 Å². The lowest BCUT2D eigenvalue weighted by molar-refractivity contribution is -0.109. The van der Waals surface area contributed by atoms with E-state index in [1.54, 1.807) is 7.11 Å². The van der Waals surface area contributed by atoms with Crippen LogP contribution in [0.2, 0.25) is 0 Å². The fraction of sp³-hybridized carbons (Fsp3) is 0.417. The number of benzene rings is 2. The van der Waals surface area contributed by atoms with Crippen LogP contribution in [0, 0.1) is 5.92 Å². The fourth-order valence-electron chi connectivity index (χ4n) is 3.81. The SMILES string of the molecule is CCC(C)CNC(=O)N1CCc2c(-c3cccc(OC)c3)ccc(CNC=O)c2C1. The van der Waals surface area contributed by atoms with E-state index in [0.717, 1.165) is 40.8 Å². The molecule has 0 fully saturated rings. The summed E-state index contributed by atoms with van der Waals surface area (Å²) in [7, 11) is 1.67. The van der Waals surface area contributed by atoms with Crippen molar-refractivity contribution in [2.75, 3.05) is 20.2 Å². The van der Waals surface area contributed by atoms with Crippen molar-refractivity contribution in [3.8, 4) is 16.9 Å². The molecule has 0 bridgehead atoms. The highest BCUT2D eigenvalue weighted by molar-refractivity contribution is 5.76. The van der Waals surface area contributed by atoms with E-state index in [-0.39, 0.29) is 6.03 Å². The first-order chi connectivity index (χ1) is 14.6. The summed E-state index contributed by atoms with van der Waals surface area (Å²) in [5.74, 6) is 1.27. The van der Waals surface area contributed by atoms with E-state index in [1.165, 1.54) is 5.56 Å². The van der Waals surface area contributed by atoms with Crippen LogP contribution in [0.5, 0.6) is 5.75 Å². The average molecular weight is 410 g/mol. The summed E-state index contributed by atoms with van der Waals surface area (Å²) in [6, 6.07) is 12.2. The minimum atomic E-state index is -0.0259. The van der Waals surface area contributed by atoms with Crippen LogP contribution in [0.15, 0.2) is 36.4 Å². The molecule has 0 saturated carbocycles. The van der Waals surface area contributed by atoms with E-state index < -0.39 is 0 Å². The Morgan fingerprint density at radius 2 is 2.10 bits per heavy atom. The number of nitrogens with one attached hydrogen (secondary N) is 2. The van der Waals surface area contributed by atoms with E-state index in [2.05, 4.69) is 36.6 Å².